The van der Waals surface area contributed by atoms with E-state index >= 15 is 0 Å². The molecule has 0 bridgehead atoms. The molecule has 1 aromatic rings. The fourth-order valence-electron chi connectivity index (χ4n) is 2.82. The minimum atomic E-state index is 0.382. The quantitative estimate of drug-likeness (QED) is 0.676. The average Bonchev–Trinajstić information content (AvgIpc) is 2.31. The van der Waals surface area contributed by atoms with Gasteiger partial charge in [-0.25, -0.2) is 0 Å². The van der Waals surface area contributed by atoms with Crippen molar-refractivity contribution in [2.24, 2.45) is 11.8 Å². The molecule has 1 radical (unpaired) electrons. The molecule has 0 spiro atoms. The Balaban J connectivity index is 2.07. The topological polar surface area (TPSA) is 0 Å². The van der Waals surface area contributed by atoms with Crippen LogP contribution in [0.2, 0.25) is 0 Å². The zero-order valence-electron chi connectivity index (χ0n) is 10.7. The summed E-state index contributed by atoms with van der Waals surface area (Å²) < 4.78 is 0. The maximum Gasteiger partial charge on any atom is -0.00723 e. The molecule has 2 atom stereocenters. The van der Waals surface area contributed by atoms with Crippen LogP contribution >= 0.6 is 0 Å². The lowest BCUT2D eigenvalue weighted by Crippen LogP contribution is -2.30. The molecule has 0 nitrogen and oxygen atoms in total. The summed E-state index contributed by atoms with van der Waals surface area (Å²) in [7, 11) is 0. The highest BCUT2D eigenvalue weighted by Crippen LogP contribution is 2.42. The summed E-state index contributed by atoms with van der Waals surface area (Å²) in [4.78, 5) is 0. The number of rotatable bonds is 2. The second-order valence-corrected chi connectivity index (χ2v) is 5.81. The monoisotopic (exact) mass is 215 g/mol. The third kappa shape index (κ3) is 2.31. The van der Waals surface area contributed by atoms with Gasteiger partial charge in [0, 0.05) is 0 Å². The highest BCUT2D eigenvalue weighted by molar-refractivity contribution is 5.26. The van der Waals surface area contributed by atoms with Crippen LogP contribution in [0.3, 0.4) is 0 Å². The normalized spacial score (nSPS) is 30.6. The van der Waals surface area contributed by atoms with E-state index < -0.39 is 0 Å². The van der Waals surface area contributed by atoms with Crippen LogP contribution in [-0.2, 0) is 5.41 Å². The van der Waals surface area contributed by atoms with E-state index in [0.717, 1.165) is 11.8 Å². The second-order valence-electron chi connectivity index (χ2n) is 5.81. The first-order valence-electron chi connectivity index (χ1n) is 6.51. The van der Waals surface area contributed by atoms with Crippen molar-refractivity contribution in [3.05, 3.63) is 42.3 Å². The van der Waals surface area contributed by atoms with Gasteiger partial charge in [-0.3, -0.25) is 0 Å². The first-order chi connectivity index (χ1) is 7.62. The molecule has 0 aromatic heterocycles. The van der Waals surface area contributed by atoms with E-state index in [9.17, 15) is 0 Å². The van der Waals surface area contributed by atoms with Gasteiger partial charge in [-0.15, -0.1) is 0 Å². The van der Waals surface area contributed by atoms with Gasteiger partial charge in [0.1, 0.15) is 0 Å². The molecular formula is C16H23. The summed E-state index contributed by atoms with van der Waals surface area (Å²) in [6, 6.07) is 11.0. The predicted octanol–water partition coefficient (Wildman–Crippen LogP) is 4.60. The Kier molecular flexibility index (Phi) is 3.37. The first kappa shape index (κ1) is 11.7. The third-order valence-corrected chi connectivity index (χ3v) is 4.23. The number of benzene rings is 1. The molecule has 0 amide bonds. The summed E-state index contributed by atoms with van der Waals surface area (Å²) in [5, 5.41) is 0. The van der Waals surface area contributed by atoms with Crippen LogP contribution in [0.1, 0.15) is 45.6 Å². The van der Waals surface area contributed by atoms with E-state index in [2.05, 4.69) is 57.5 Å². The SMILES string of the molecule is CC(C)C1[CH]CC(C)(c2ccccc2)CC1. The molecule has 1 fully saturated rings. The van der Waals surface area contributed by atoms with Gasteiger partial charge in [0.2, 0.25) is 0 Å². The summed E-state index contributed by atoms with van der Waals surface area (Å²) >= 11 is 0. The van der Waals surface area contributed by atoms with E-state index in [4.69, 9.17) is 0 Å². The molecule has 1 aliphatic carbocycles. The minimum absolute atomic E-state index is 0.382. The molecule has 16 heavy (non-hydrogen) atoms. The second kappa shape index (κ2) is 4.61. The molecule has 1 aromatic carbocycles. The lowest BCUT2D eigenvalue weighted by molar-refractivity contribution is 0.266. The summed E-state index contributed by atoms with van der Waals surface area (Å²) in [5.41, 5.74) is 1.89. The first-order valence-corrected chi connectivity index (χ1v) is 6.51. The zero-order valence-corrected chi connectivity index (χ0v) is 10.7. The Morgan fingerprint density at radius 2 is 1.88 bits per heavy atom. The molecule has 1 aliphatic rings. The molecular weight excluding hydrogens is 192 g/mol. The molecule has 2 rings (SSSR count). The fraction of sp³-hybridized carbons (Fsp3) is 0.562. The van der Waals surface area contributed by atoms with Crippen molar-refractivity contribution in [2.45, 2.75) is 45.4 Å². The Bertz CT molecular complexity index is 315. The lowest BCUT2D eigenvalue weighted by atomic mass is 9.66. The molecule has 87 valence electrons. The van der Waals surface area contributed by atoms with E-state index in [1.807, 2.05) is 0 Å². The van der Waals surface area contributed by atoms with Gasteiger partial charge in [0.15, 0.2) is 0 Å². The van der Waals surface area contributed by atoms with Crippen molar-refractivity contribution >= 4 is 0 Å². The molecule has 0 N–H and O–H groups in total. The summed E-state index contributed by atoms with van der Waals surface area (Å²) in [5.74, 6) is 1.64. The van der Waals surface area contributed by atoms with Gasteiger partial charge in [0.25, 0.3) is 0 Å². The van der Waals surface area contributed by atoms with E-state index in [-0.39, 0.29) is 0 Å². The summed E-state index contributed by atoms with van der Waals surface area (Å²) in [6.45, 7) is 7.09. The van der Waals surface area contributed by atoms with Crippen LogP contribution in [-0.4, -0.2) is 0 Å². The van der Waals surface area contributed by atoms with E-state index in [1.54, 1.807) is 0 Å². The fourth-order valence-corrected chi connectivity index (χ4v) is 2.82. The lowest BCUT2D eigenvalue weighted by Gasteiger charge is -2.39. The smallest absolute Gasteiger partial charge is 0.00723 e. The molecule has 0 saturated heterocycles. The molecule has 2 unspecified atom stereocenters. The van der Waals surface area contributed by atoms with Crippen molar-refractivity contribution in [3.63, 3.8) is 0 Å². The average molecular weight is 215 g/mol. The molecule has 0 heterocycles. The maximum atomic E-state index is 2.56. The Morgan fingerprint density at radius 1 is 1.19 bits per heavy atom. The van der Waals surface area contributed by atoms with Gasteiger partial charge < -0.3 is 0 Å². The van der Waals surface area contributed by atoms with Crippen LogP contribution in [0.15, 0.2) is 30.3 Å². The highest BCUT2D eigenvalue weighted by atomic mass is 14.4. The van der Waals surface area contributed by atoms with Gasteiger partial charge >= 0.3 is 0 Å². The predicted molar refractivity (Wildman–Crippen MR) is 70.3 cm³/mol. The van der Waals surface area contributed by atoms with Crippen molar-refractivity contribution in [3.8, 4) is 0 Å². The van der Waals surface area contributed by atoms with E-state index in [0.29, 0.717) is 5.41 Å². The standard InChI is InChI=1S/C16H23/c1-13(2)14-9-11-16(3,12-10-14)15-7-5-4-6-8-15/h4-9,13-14H,10-12H2,1-3H3. The largest absolute Gasteiger partial charge is 0.0625 e. The molecule has 0 heteroatoms. The van der Waals surface area contributed by atoms with Crippen molar-refractivity contribution in [1.29, 1.82) is 0 Å². The van der Waals surface area contributed by atoms with E-state index in [1.165, 1.54) is 24.8 Å². The van der Waals surface area contributed by atoms with Crippen LogP contribution in [0.25, 0.3) is 0 Å². The van der Waals surface area contributed by atoms with Gasteiger partial charge in [-0.2, -0.15) is 0 Å². The molecule has 0 aliphatic heterocycles. The van der Waals surface area contributed by atoms with Gasteiger partial charge in [-0.1, -0.05) is 51.1 Å². The number of hydrogen-bond donors (Lipinski definition) is 0. The van der Waals surface area contributed by atoms with Gasteiger partial charge in [-0.05, 0) is 48.5 Å². The highest BCUT2D eigenvalue weighted by Gasteiger charge is 2.33. The Labute approximate surface area is 100 Å². The van der Waals surface area contributed by atoms with Crippen molar-refractivity contribution < 1.29 is 0 Å². The van der Waals surface area contributed by atoms with Gasteiger partial charge in [0.05, 0.1) is 0 Å². The third-order valence-electron chi connectivity index (χ3n) is 4.23. The molecule has 1 saturated carbocycles. The summed E-state index contributed by atoms with van der Waals surface area (Å²) in [6.07, 6.45) is 6.47. The maximum absolute atomic E-state index is 2.56. The van der Waals surface area contributed by atoms with Crippen LogP contribution in [0.4, 0.5) is 0 Å². The zero-order chi connectivity index (χ0) is 11.6. The van der Waals surface area contributed by atoms with Crippen LogP contribution in [0.5, 0.6) is 0 Å². The van der Waals surface area contributed by atoms with Crippen molar-refractivity contribution in [2.75, 3.05) is 0 Å². The van der Waals surface area contributed by atoms with Crippen molar-refractivity contribution in [1.82, 2.24) is 0 Å². The minimum Gasteiger partial charge on any atom is -0.0625 e. The Hall–Kier alpha value is -0.780. The van der Waals surface area contributed by atoms with Crippen LogP contribution < -0.4 is 0 Å². The van der Waals surface area contributed by atoms with Crippen LogP contribution in [0, 0.1) is 18.3 Å². The Morgan fingerprint density at radius 3 is 2.38 bits per heavy atom. The number of hydrogen-bond acceptors (Lipinski definition) is 0.